The van der Waals surface area contributed by atoms with E-state index in [0.717, 1.165) is 16.4 Å². The van der Waals surface area contributed by atoms with Crippen LogP contribution in [0.1, 0.15) is 29.9 Å². The van der Waals surface area contributed by atoms with Crippen LogP contribution in [0.15, 0.2) is 127 Å². The number of hydrazine groups is 1. The Hall–Kier alpha value is -6.30. The summed E-state index contributed by atoms with van der Waals surface area (Å²) in [5.41, 5.74) is 5.24. The highest BCUT2D eigenvalue weighted by atomic mass is 35.5. The first-order valence-electron chi connectivity index (χ1n) is 19.2. The fourth-order valence-corrected chi connectivity index (χ4v) is 10.2. The molecule has 6 atom stereocenters. The van der Waals surface area contributed by atoms with Gasteiger partial charge >= 0.3 is 0 Å². The van der Waals surface area contributed by atoms with E-state index in [1.807, 2.05) is 48.5 Å². The monoisotopic (exact) mass is 828 g/mol. The summed E-state index contributed by atoms with van der Waals surface area (Å²) in [5.74, 6) is -5.30. The number of ether oxygens (including phenoxy) is 2. The highest BCUT2D eigenvalue weighted by Gasteiger charge is 2.70. The van der Waals surface area contributed by atoms with Crippen LogP contribution in [0, 0.1) is 23.7 Å². The van der Waals surface area contributed by atoms with Crippen molar-refractivity contribution in [1.29, 1.82) is 0 Å². The maximum atomic E-state index is 15.5. The molecule has 4 amide bonds. The molecule has 13 heteroatoms. The number of methoxy groups -OCH3 is 2. The van der Waals surface area contributed by atoms with Gasteiger partial charge in [0.25, 0.3) is 11.8 Å². The lowest BCUT2D eigenvalue weighted by Gasteiger charge is -2.50. The Morgan fingerprint density at radius 1 is 0.746 bits per heavy atom. The molecule has 3 fully saturated rings. The number of phenols is 1. The number of para-hydroxylation sites is 1. The first-order valence-corrected chi connectivity index (χ1v) is 19.9. The summed E-state index contributed by atoms with van der Waals surface area (Å²) in [6, 6.07) is 33.2. The van der Waals surface area contributed by atoms with Crippen LogP contribution in [0.5, 0.6) is 17.2 Å². The van der Waals surface area contributed by atoms with Gasteiger partial charge in [0.1, 0.15) is 17.2 Å². The van der Waals surface area contributed by atoms with Crippen LogP contribution in [-0.4, -0.2) is 48.0 Å². The molecule has 2 saturated heterocycles. The molecule has 2 aliphatic heterocycles. The second-order valence-corrected chi connectivity index (χ2v) is 16.0. The van der Waals surface area contributed by atoms with Crippen molar-refractivity contribution < 1.29 is 33.8 Å². The van der Waals surface area contributed by atoms with E-state index in [9.17, 15) is 14.7 Å². The van der Waals surface area contributed by atoms with Gasteiger partial charge in [0.05, 0.1) is 53.8 Å². The fraction of sp³-hybridized carbons (Fsp3) is 0.217. The van der Waals surface area contributed by atoms with Crippen LogP contribution in [-0.2, 0) is 24.6 Å². The number of phenolic OH excluding ortho intramolecular Hbond substituents is 1. The Labute approximate surface area is 350 Å². The minimum atomic E-state index is -1.65. The van der Waals surface area contributed by atoms with E-state index in [1.165, 1.54) is 31.3 Å². The van der Waals surface area contributed by atoms with Crippen LogP contribution in [0.2, 0.25) is 10.0 Å². The minimum absolute atomic E-state index is 0.0597. The Bertz CT molecular complexity index is 2550. The van der Waals surface area contributed by atoms with Gasteiger partial charge < -0.3 is 19.9 Å². The summed E-state index contributed by atoms with van der Waals surface area (Å²) in [7, 11) is 3.03. The highest BCUT2D eigenvalue weighted by Crippen LogP contribution is 2.65. The van der Waals surface area contributed by atoms with Gasteiger partial charge in [-0.15, -0.1) is 0 Å². The zero-order valence-electron chi connectivity index (χ0n) is 31.9. The van der Waals surface area contributed by atoms with Crippen molar-refractivity contribution in [3.05, 3.63) is 148 Å². The lowest BCUT2D eigenvalue weighted by molar-refractivity contribution is -0.138. The molecular formula is C46H38Cl2N4O7. The van der Waals surface area contributed by atoms with E-state index < -0.39 is 46.8 Å². The van der Waals surface area contributed by atoms with E-state index >= 15 is 9.59 Å². The van der Waals surface area contributed by atoms with E-state index in [4.69, 9.17) is 32.7 Å². The van der Waals surface area contributed by atoms with Gasteiger partial charge in [0.15, 0.2) is 0 Å². The maximum Gasteiger partial charge on any atom is 0.260 e. The largest absolute Gasteiger partial charge is 0.508 e. The Morgan fingerprint density at radius 3 is 2.14 bits per heavy atom. The second-order valence-electron chi connectivity index (χ2n) is 15.2. The van der Waals surface area contributed by atoms with Crippen molar-refractivity contribution in [2.75, 3.05) is 29.9 Å². The zero-order valence-corrected chi connectivity index (χ0v) is 33.4. The number of benzene rings is 5. The topological polar surface area (TPSA) is 138 Å². The van der Waals surface area contributed by atoms with Crippen molar-refractivity contribution in [3.63, 3.8) is 0 Å². The summed E-state index contributed by atoms with van der Waals surface area (Å²) in [6.45, 7) is 0. The number of carbonyl (C=O) groups is 4. The molecule has 0 spiro atoms. The molecule has 0 radical (unpaired) electrons. The summed E-state index contributed by atoms with van der Waals surface area (Å²) >= 11 is 12.8. The quantitative estimate of drug-likeness (QED) is 0.0985. The van der Waals surface area contributed by atoms with Gasteiger partial charge in [-0.1, -0.05) is 65.2 Å². The molecule has 4 aliphatic rings. The summed E-state index contributed by atoms with van der Waals surface area (Å²) in [5, 5.41) is 16.6. The number of hydrogen-bond acceptors (Lipinski definition) is 9. The third kappa shape index (κ3) is 6.10. The first-order chi connectivity index (χ1) is 28.5. The van der Waals surface area contributed by atoms with E-state index in [0.29, 0.717) is 38.9 Å². The molecule has 1 saturated carbocycles. The van der Waals surface area contributed by atoms with Gasteiger partial charge in [0.2, 0.25) is 11.8 Å². The van der Waals surface area contributed by atoms with Crippen LogP contribution < -0.4 is 25.1 Å². The number of aromatic hydroxyl groups is 1. The second kappa shape index (κ2) is 14.8. The van der Waals surface area contributed by atoms with Crippen molar-refractivity contribution >= 4 is 69.6 Å². The molecular weight excluding hydrogens is 791 g/mol. The molecule has 2 aliphatic carbocycles. The molecule has 298 valence electrons. The van der Waals surface area contributed by atoms with E-state index in [2.05, 4.69) is 10.7 Å². The van der Waals surface area contributed by atoms with Crippen LogP contribution in [0.25, 0.3) is 0 Å². The Kier molecular flexibility index (Phi) is 9.60. The van der Waals surface area contributed by atoms with Crippen molar-refractivity contribution in [3.8, 4) is 17.2 Å². The standard InChI is InChI=1S/C46H38Cl2N4O7/c1-58-30-15-8-25(9-16-30)46-36(43(55)52(45(46)57)50-38-20-10-26(47)22-37(38)48)24-34-32(41(46)35-23-31(59-2)17-21-39(35)53)18-19-33-40(34)44(56)51(42(33)54)29-13-11-28(12-14-29)49-27-6-4-3-5-7-27/h3-18,20-23,33-34,36,40-41,49-50,53H,19,24H2,1-2H3/t33-,34+,36-,40-,41+,46+/m0/s1. The number of amides is 4. The maximum absolute atomic E-state index is 15.5. The van der Waals surface area contributed by atoms with Crippen LogP contribution in [0.4, 0.5) is 22.7 Å². The van der Waals surface area contributed by atoms with Gasteiger partial charge in [-0.05, 0) is 109 Å². The minimum Gasteiger partial charge on any atom is -0.508 e. The molecule has 0 bridgehead atoms. The van der Waals surface area contributed by atoms with Gasteiger partial charge in [-0.3, -0.25) is 29.5 Å². The number of anilines is 4. The SMILES string of the molecule is COc1ccc([C@@]23C(=O)N(Nc4ccc(Cl)cc4Cl)C(=O)[C@@H]2C[C@@H]2C(=CC[C@@H]4C(=O)N(c5ccc(Nc6ccccc6)cc5)C(=O)[C@@H]42)[C@@H]3c2cc(OC)ccc2O)cc1. The molecule has 5 aromatic rings. The molecule has 59 heavy (non-hydrogen) atoms. The fourth-order valence-electron chi connectivity index (χ4n) is 9.72. The summed E-state index contributed by atoms with van der Waals surface area (Å²) in [4.78, 5) is 61.0. The number of imide groups is 2. The number of carbonyl (C=O) groups excluding carboxylic acids is 4. The third-order valence-electron chi connectivity index (χ3n) is 12.3. The number of halogens is 2. The van der Waals surface area contributed by atoms with Gasteiger partial charge in [-0.25, -0.2) is 0 Å². The van der Waals surface area contributed by atoms with E-state index in [-0.39, 0.29) is 41.1 Å². The predicted octanol–water partition coefficient (Wildman–Crippen LogP) is 8.65. The average Bonchev–Trinajstić information content (AvgIpc) is 3.63. The van der Waals surface area contributed by atoms with Crippen molar-refractivity contribution in [2.45, 2.75) is 24.2 Å². The van der Waals surface area contributed by atoms with Crippen molar-refractivity contribution in [1.82, 2.24) is 5.01 Å². The Morgan fingerprint density at radius 2 is 1.44 bits per heavy atom. The molecule has 0 unspecified atom stereocenters. The van der Waals surface area contributed by atoms with E-state index in [1.54, 1.807) is 60.7 Å². The third-order valence-corrected chi connectivity index (χ3v) is 12.9. The summed E-state index contributed by atoms with van der Waals surface area (Å²) in [6.07, 6.45) is 2.20. The number of allylic oxidation sites excluding steroid dienone is 2. The smallest absolute Gasteiger partial charge is 0.260 e. The number of hydrogen-bond donors (Lipinski definition) is 3. The van der Waals surface area contributed by atoms with Gasteiger partial charge in [-0.2, -0.15) is 5.01 Å². The predicted molar refractivity (Wildman–Crippen MR) is 224 cm³/mol. The normalized spacial score (nSPS) is 24.6. The molecule has 5 aromatic carbocycles. The lowest BCUT2D eigenvalue weighted by Crippen LogP contribution is -2.53. The molecule has 9 rings (SSSR count). The highest BCUT2D eigenvalue weighted by molar-refractivity contribution is 6.36. The Balaban J connectivity index is 1.18. The molecule has 2 heterocycles. The van der Waals surface area contributed by atoms with Crippen molar-refractivity contribution in [2.24, 2.45) is 23.7 Å². The zero-order chi connectivity index (χ0) is 41.2. The van der Waals surface area contributed by atoms with Crippen LogP contribution in [0.3, 0.4) is 0 Å². The van der Waals surface area contributed by atoms with Crippen LogP contribution >= 0.6 is 23.2 Å². The molecule has 11 nitrogen and oxygen atoms in total. The molecule has 3 N–H and O–H groups in total. The first kappa shape index (κ1) is 38.2. The summed E-state index contributed by atoms with van der Waals surface area (Å²) < 4.78 is 11.1. The number of fused-ring (bicyclic) bond motifs is 4. The molecule has 0 aromatic heterocycles. The number of nitrogens with zero attached hydrogens (tertiary/aromatic N) is 2. The number of rotatable bonds is 9. The lowest BCUT2D eigenvalue weighted by atomic mass is 9.49. The number of nitrogens with one attached hydrogen (secondary N) is 2. The van der Waals surface area contributed by atoms with Gasteiger partial charge in [0, 0.05) is 27.9 Å². The average molecular weight is 830 g/mol.